The standard InChI is InChI=1S/C13H7F7O3/c14-9(15)11(10(21)22)4-3-6-5-7(1-2-8(6)23-11)12(16,17)13(18,19)20/h1-5,9H,(H,21,22). The fraction of sp³-hybridized carbons (Fsp3) is 0.308. The van der Waals surface area contributed by atoms with Crippen LogP contribution in [0, 0.1) is 0 Å². The molecule has 0 bridgehead atoms. The van der Waals surface area contributed by atoms with Gasteiger partial charge in [-0.3, -0.25) is 0 Å². The van der Waals surface area contributed by atoms with Crippen molar-refractivity contribution in [3.63, 3.8) is 0 Å². The maximum Gasteiger partial charge on any atom is 0.458 e. The number of ether oxygens (including phenoxy) is 1. The van der Waals surface area contributed by atoms with Gasteiger partial charge in [-0.2, -0.15) is 22.0 Å². The molecule has 1 atom stereocenters. The molecule has 0 saturated carbocycles. The lowest BCUT2D eigenvalue weighted by Gasteiger charge is -2.30. The minimum Gasteiger partial charge on any atom is -0.478 e. The summed E-state index contributed by atoms with van der Waals surface area (Å²) in [5.41, 5.74) is -4.82. The molecular weight excluding hydrogens is 337 g/mol. The van der Waals surface area contributed by atoms with Crippen LogP contribution in [0.4, 0.5) is 30.7 Å². The van der Waals surface area contributed by atoms with Crippen molar-refractivity contribution in [3.05, 3.63) is 35.4 Å². The monoisotopic (exact) mass is 344 g/mol. The predicted octanol–water partition coefficient (Wildman–Crippen LogP) is 3.83. The van der Waals surface area contributed by atoms with Gasteiger partial charge in [0.1, 0.15) is 5.75 Å². The van der Waals surface area contributed by atoms with Crippen molar-refractivity contribution in [2.75, 3.05) is 0 Å². The Kier molecular flexibility index (Phi) is 3.82. The van der Waals surface area contributed by atoms with Crippen molar-refractivity contribution < 1.29 is 45.4 Å². The molecule has 1 aromatic rings. The second-order valence-electron chi connectivity index (χ2n) is 4.66. The number of carboxylic acid groups (broad SMARTS) is 1. The second-order valence-corrected chi connectivity index (χ2v) is 4.66. The number of hydrogen-bond donors (Lipinski definition) is 1. The van der Waals surface area contributed by atoms with E-state index >= 15 is 0 Å². The van der Waals surface area contributed by atoms with Crippen LogP contribution in [-0.4, -0.2) is 29.3 Å². The quantitative estimate of drug-likeness (QED) is 0.848. The third kappa shape index (κ3) is 2.62. The van der Waals surface area contributed by atoms with Crippen molar-refractivity contribution >= 4 is 12.0 Å². The topological polar surface area (TPSA) is 46.5 Å². The SMILES string of the molecule is O=C(O)C1(C(F)F)C=Cc2cc(C(F)(F)C(F)(F)F)ccc2O1. The van der Waals surface area contributed by atoms with Crippen LogP contribution in [0.1, 0.15) is 11.1 Å². The van der Waals surface area contributed by atoms with Crippen LogP contribution < -0.4 is 4.74 Å². The zero-order valence-corrected chi connectivity index (χ0v) is 10.9. The molecular formula is C13H7F7O3. The van der Waals surface area contributed by atoms with E-state index in [1.54, 1.807) is 0 Å². The van der Waals surface area contributed by atoms with Crippen LogP contribution in [0.25, 0.3) is 6.08 Å². The first-order valence-corrected chi connectivity index (χ1v) is 5.90. The number of halogens is 7. The van der Waals surface area contributed by atoms with Crippen molar-refractivity contribution in [2.45, 2.75) is 24.1 Å². The molecule has 0 fully saturated rings. The Morgan fingerprint density at radius 3 is 2.26 bits per heavy atom. The number of hydrogen-bond acceptors (Lipinski definition) is 2. The molecule has 1 unspecified atom stereocenters. The van der Waals surface area contributed by atoms with Gasteiger partial charge in [0.2, 0.25) is 0 Å². The molecule has 0 radical (unpaired) electrons. The van der Waals surface area contributed by atoms with E-state index in [1.807, 2.05) is 0 Å². The number of carboxylic acids is 1. The highest BCUT2D eigenvalue weighted by atomic mass is 19.4. The number of carbonyl (C=O) groups is 1. The lowest BCUT2D eigenvalue weighted by atomic mass is 9.96. The molecule has 0 amide bonds. The van der Waals surface area contributed by atoms with Gasteiger partial charge in [0.25, 0.3) is 12.0 Å². The molecule has 1 heterocycles. The molecule has 1 aliphatic heterocycles. The van der Waals surface area contributed by atoms with Crippen molar-refractivity contribution in [1.82, 2.24) is 0 Å². The van der Waals surface area contributed by atoms with Gasteiger partial charge in [0, 0.05) is 11.1 Å². The Morgan fingerprint density at radius 1 is 1.17 bits per heavy atom. The van der Waals surface area contributed by atoms with Crippen LogP contribution in [0.2, 0.25) is 0 Å². The number of aliphatic carboxylic acids is 1. The molecule has 0 saturated heterocycles. The first-order chi connectivity index (χ1) is 10.4. The summed E-state index contributed by atoms with van der Waals surface area (Å²) in [6.45, 7) is 0. The summed E-state index contributed by atoms with van der Waals surface area (Å²) in [5.74, 6) is -7.73. The number of rotatable bonds is 3. The third-order valence-electron chi connectivity index (χ3n) is 3.18. The minimum absolute atomic E-state index is 0.337. The van der Waals surface area contributed by atoms with Gasteiger partial charge in [-0.15, -0.1) is 0 Å². The zero-order chi connectivity index (χ0) is 17.6. The molecule has 1 aromatic carbocycles. The molecule has 1 N–H and O–H groups in total. The number of fused-ring (bicyclic) bond motifs is 1. The predicted molar refractivity (Wildman–Crippen MR) is 62.4 cm³/mol. The first kappa shape index (κ1) is 17.1. The van der Waals surface area contributed by atoms with Gasteiger partial charge in [-0.1, -0.05) is 6.08 Å². The molecule has 126 valence electrons. The Bertz CT molecular complexity index is 666. The van der Waals surface area contributed by atoms with Gasteiger partial charge in [0.05, 0.1) is 0 Å². The molecule has 0 spiro atoms. The van der Waals surface area contributed by atoms with Crippen LogP contribution in [0.3, 0.4) is 0 Å². The summed E-state index contributed by atoms with van der Waals surface area (Å²) in [5, 5.41) is 8.85. The van der Waals surface area contributed by atoms with E-state index in [0.29, 0.717) is 30.4 Å². The zero-order valence-electron chi connectivity index (χ0n) is 10.9. The summed E-state index contributed by atoms with van der Waals surface area (Å²) >= 11 is 0. The fourth-order valence-corrected chi connectivity index (χ4v) is 1.89. The lowest BCUT2D eigenvalue weighted by Crippen LogP contribution is -2.50. The van der Waals surface area contributed by atoms with E-state index in [4.69, 9.17) is 5.11 Å². The summed E-state index contributed by atoms with van der Waals surface area (Å²) in [4.78, 5) is 11.0. The number of benzene rings is 1. The molecule has 1 aliphatic rings. The van der Waals surface area contributed by atoms with E-state index in [1.165, 1.54) is 0 Å². The Balaban J connectivity index is 2.47. The van der Waals surface area contributed by atoms with Gasteiger partial charge < -0.3 is 9.84 Å². The fourth-order valence-electron chi connectivity index (χ4n) is 1.89. The van der Waals surface area contributed by atoms with Gasteiger partial charge in [0.15, 0.2) is 0 Å². The summed E-state index contributed by atoms with van der Waals surface area (Å²) < 4.78 is 93.9. The van der Waals surface area contributed by atoms with Crippen LogP contribution in [0.5, 0.6) is 5.75 Å². The van der Waals surface area contributed by atoms with Crippen LogP contribution in [0.15, 0.2) is 24.3 Å². The Morgan fingerprint density at radius 2 is 1.78 bits per heavy atom. The van der Waals surface area contributed by atoms with E-state index in [2.05, 4.69) is 4.74 Å². The highest BCUT2D eigenvalue weighted by Crippen LogP contribution is 2.45. The van der Waals surface area contributed by atoms with Crippen molar-refractivity contribution in [1.29, 1.82) is 0 Å². The molecule has 23 heavy (non-hydrogen) atoms. The first-order valence-electron chi connectivity index (χ1n) is 5.90. The largest absolute Gasteiger partial charge is 0.478 e. The van der Waals surface area contributed by atoms with E-state index in [-0.39, 0.29) is 5.56 Å². The molecule has 3 nitrogen and oxygen atoms in total. The highest BCUT2D eigenvalue weighted by Gasteiger charge is 2.59. The van der Waals surface area contributed by atoms with Crippen LogP contribution in [-0.2, 0) is 10.7 Å². The maximum atomic E-state index is 13.2. The molecule has 0 aliphatic carbocycles. The normalized spacial score (nSPS) is 21.0. The summed E-state index contributed by atoms with van der Waals surface area (Å²) in [6, 6.07) is 1.33. The third-order valence-corrected chi connectivity index (χ3v) is 3.18. The number of alkyl halides is 7. The van der Waals surface area contributed by atoms with Gasteiger partial charge in [-0.05, 0) is 24.3 Å². The van der Waals surface area contributed by atoms with E-state index < -0.39 is 41.4 Å². The summed E-state index contributed by atoms with van der Waals surface area (Å²) in [6.07, 6.45) is -8.22. The Labute approximate surface area is 124 Å². The highest BCUT2D eigenvalue weighted by molar-refractivity contribution is 5.84. The lowest BCUT2D eigenvalue weighted by molar-refractivity contribution is -0.289. The van der Waals surface area contributed by atoms with Crippen molar-refractivity contribution in [2.24, 2.45) is 0 Å². The van der Waals surface area contributed by atoms with Gasteiger partial charge in [-0.25, -0.2) is 13.6 Å². The maximum absolute atomic E-state index is 13.2. The molecule has 0 aromatic heterocycles. The Hall–Kier alpha value is -2.26. The van der Waals surface area contributed by atoms with Gasteiger partial charge >= 0.3 is 18.1 Å². The van der Waals surface area contributed by atoms with Crippen molar-refractivity contribution in [3.8, 4) is 5.75 Å². The minimum atomic E-state index is -5.84. The average molecular weight is 344 g/mol. The van der Waals surface area contributed by atoms with E-state index in [9.17, 15) is 35.5 Å². The second kappa shape index (κ2) is 5.14. The molecule has 10 heteroatoms. The van der Waals surface area contributed by atoms with Crippen LogP contribution >= 0.6 is 0 Å². The average Bonchev–Trinajstić information content (AvgIpc) is 2.44. The summed E-state index contributed by atoms with van der Waals surface area (Å²) in [7, 11) is 0. The smallest absolute Gasteiger partial charge is 0.458 e. The van der Waals surface area contributed by atoms with E-state index in [0.717, 1.165) is 0 Å². The molecule has 2 rings (SSSR count).